The van der Waals surface area contributed by atoms with Crippen molar-refractivity contribution in [2.24, 2.45) is 0 Å². The molecule has 132 valence electrons. The van der Waals surface area contributed by atoms with Gasteiger partial charge in [-0.05, 0) is 37.3 Å². The van der Waals surface area contributed by atoms with Crippen LogP contribution in [0.25, 0.3) is 0 Å². The summed E-state index contributed by atoms with van der Waals surface area (Å²) in [4.78, 5) is 25.0. The highest BCUT2D eigenvalue weighted by Crippen LogP contribution is 2.23. The van der Waals surface area contributed by atoms with E-state index >= 15 is 0 Å². The Morgan fingerprint density at radius 1 is 1.12 bits per heavy atom. The first-order valence-electron chi connectivity index (χ1n) is 7.58. The van der Waals surface area contributed by atoms with Gasteiger partial charge < -0.3 is 10.1 Å². The molecule has 2 aromatic carbocycles. The van der Waals surface area contributed by atoms with Crippen molar-refractivity contribution >= 4 is 52.5 Å². The minimum absolute atomic E-state index is 0.222. The molecule has 0 saturated carbocycles. The fourth-order valence-electron chi connectivity index (χ4n) is 1.95. The van der Waals surface area contributed by atoms with E-state index < -0.39 is 18.0 Å². The van der Waals surface area contributed by atoms with Crippen molar-refractivity contribution < 1.29 is 14.3 Å². The lowest BCUT2D eigenvalue weighted by molar-refractivity contribution is -0.152. The molecule has 2 rings (SSSR count). The van der Waals surface area contributed by atoms with Crippen LogP contribution in [0, 0.1) is 0 Å². The van der Waals surface area contributed by atoms with E-state index in [2.05, 4.69) is 5.32 Å². The molecule has 25 heavy (non-hydrogen) atoms. The van der Waals surface area contributed by atoms with Gasteiger partial charge in [0.25, 0.3) is 5.91 Å². The maximum Gasteiger partial charge on any atom is 0.307 e. The molecule has 0 radical (unpaired) electrons. The molecule has 7 heteroatoms. The largest absolute Gasteiger partial charge is 0.453 e. The van der Waals surface area contributed by atoms with Crippen molar-refractivity contribution in [3.8, 4) is 0 Å². The van der Waals surface area contributed by atoms with Gasteiger partial charge >= 0.3 is 5.97 Å². The first-order valence-corrected chi connectivity index (χ1v) is 9.32. The van der Waals surface area contributed by atoms with Crippen molar-refractivity contribution in [3.05, 3.63) is 58.6 Å². The van der Waals surface area contributed by atoms with Crippen LogP contribution >= 0.6 is 35.0 Å². The normalized spacial score (nSPS) is 11.6. The van der Waals surface area contributed by atoms with Crippen LogP contribution in [0.2, 0.25) is 10.0 Å². The van der Waals surface area contributed by atoms with E-state index in [4.69, 9.17) is 27.9 Å². The molecule has 0 bridgehead atoms. The molecular formula is C18H17Cl2NO3S. The van der Waals surface area contributed by atoms with Gasteiger partial charge in [0.15, 0.2) is 6.10 Å². The number of carbonyl (C=O) groups is 2. The zero-order chi connectivity index (χ0) is 18.2. The highest BCUT2D eigenvalue weighted by Gasteiger charge is 2.18. The molecule has 0 heterocycles. The van der Waals surface area contributed by atoms with E-state index in [1.807, 2.05) is 30.3 Å². The third-order valence-corrected chi connectivity index (χ3v) is 4.58. The van der Waals surface area contributed by atoms with Crippen LogP contribution in [0.15, 0.2) is 53.4 Å². The van der Waals surface area contributed by atoms with Crippen LogP contribution in [0.5, 0.6) is 0 Å². The van der Waals surface area contributed by atoms with Gasteiger partial charge in [-0.2, -0.15) is 0 Å². The van der Waals surface area contributed by atoms with Crippen LogP contribution in [0.3, 0.4) is 0 Å². The maximum atomic E-state index is 12.1. The monoisotopic (exact) mass is 397 g/mol. The predicted octanol–water partition coefficient (Wildman–Crippen LogP) is 5.05. The number of carbonyl (C=O) groups excluding carboxylic acids is 2. The predicted molar refractivity (Wildman–Crippen MR) is 102 cm³/mol. The number of ether oxygens (including phenoxy) is 1. The van der Waals surface area contributed by atoms with Crippen molar-refractivity contribution in [1.82, 2.24) is 0 Å². The van der Waals surface area contributed by atoms with Crippen LogP contribution < -0.4 is 5.32 Å². The highest BCUT2D eigenvalue weighted by molar-refractivity contribution is 7.99. The molecule has 0 unspecified atom stereocenters. The highest BCUT2D eigenvalue weighted by atomic mass is 35.5. The number of thioether (sulfide) groups is 1. The quantitative estimate of drug-likeness (QED) is 0.524. The summed E-state index contributed by atoms with van der Waals surface area (Å²) in [5.74, 6) is -0.279. The van der Waals surface area contributed by atoms with Gasteiger partial charge in [-0.1, -0.05) is 41.4 Å². The Morgan fingerprint density at radius 2 is 1.76 bits per heavy atom. The summed E-state index contributed by atoms with van der Waals surface area (Å²) in [7, 11) is 0. The van der Waals surface area contributed by atoms with Crippen molar-refractivity contribution in [2.45, 2.75) is 24.3 Å². The van der Waals surface area contributed by atoms with Crippen molar-refractivity contribution in [2.75, 3.05) is 11.1 Å². The lowest BCUT2D eigenvalue weighted by Crippen LogP contribution is -2.30. The molecule has 4 nitrogen and oxygen atoms in total. The minimum atomic E-state index is -0.910. The van der Waals surface area contributed by atoms with Gasteiger partial charge in [0.2, 0.25) is 0 Å². The van der Waals surface area contributed by atoms with Crippen LogP contribution in [-0.4, -0.2) is 23.7 Å². The molecule has 1 amide bonds. The molecule has 0 aliphatic carbocycles. The SMILES string of the molecule is C[C@H](OC(=O)CCSc1ccccc1)C(=O)Nc1cc(Cl)cc(Cl)c1. The zero-order valence-electron chi connectivity index (χ0n) is 13.5. The van der Waals surface area contributed by atoms with Gasteiger partial charge in [0, 0.05) is 26.4 Å². The first kappa shape index (κ1) is 19.6. The van der Waals surface area contributed by atoms with Crippen LogP contribution in [0.1, 0.15) is 13.3 Å². The lowest BCUT2D eigenvalue weighted by atomic mass is 10.3. The summed E-state index contributed by atoms with van der Waals surface area (Å²) in [6.07, 6.45) is -0.688. The topological polar surface area (TPSA) is 55.4 Å². The second-order valence-corrected chi connectivity index (χ2v) is 7.23. The van der Waals surface area contributed by atoms with Crippen LogP contribution in [-0.2, 0) is 14.3 Å². The van der Waals surface area contributed by atoms with Gasteiger partial charge in [-0.25, -0.2) is 0 Å². The molecule has 2 aromatic rings. The maximum absolute atomic E-state index is 12.1. The van der Waals surface area contributed by atoms with E-state index in [1.54, 1.807) is 30.0 Å². The third kappa shape index (κ3) is 6.98. The molecule has 0 saturated heterocycles. The summed E-state index contributed by atoms with van der Waals surface area (Å²) in [6, 6.07) is 14.5. The Bertz CT molecular complexity index is 720. The summed E-state index contributed by atoms with van der Waals surface area (Å²) in [6.45, 7) is 1.52. The average molecular weight is 398 g/mol. The summed E-state index contributed by atoms with van der Waals surface area (Å²) < 4.78 is 5.15. The van der Waals surface area contributed by atoms with Gasteiger partial charge in [-0.3, -0.25) is 9.59 Å². The standard InChI is InChI=1S/C18H17Cl2NO3S/c1-12(18(23)21-15-10-13(19)9-14(20)11-15)24-17(22)7-8-25-16-5-3-2-4-6-16/h2-6,9-12H,7-8H2,1H3,(H,21,23)/t12-/m0/s1. The Labute approximate surface area is 160 Å². The van der Waals surface area contributed by atoms with Gasteiger partial charge in [0.05, 0.1) is 6.42 Å². The molecule has 1 atom stereocenters. The number of nitrogens with one attached hydrogen (secondary N) is 1. The second-order valence-electron chi connectivity index (χ2n) is 5.19. The summed E-state index contributed by atoms with van der Waals surface area (Å²) in [5.41, 5.74) is 0.449. The summed E-state index contributed by atoms with van der Waals surface area (Å²) >= 11 is 13.3. The van der Waals surface area contributed by atoms with E-state index in [9.17, 15) is 9.59 Å². The number of rotatable bonds is 7. The van der Waals surface area contributed by atoms with Crippen molar-refractivity contribution in [1.29, 1.82) is 0 Å². The van der Waals surface area contributed by atoms with E-state index in [1.165, 1.54) is 6.92 Å². The average Bonchev–Trinajstić information content (AvgIpc) is 2.54. The third-order valence-electron chi connectivity index (χ3n) is 3.13. The number of amides is 1. The summed E-state index contributed by atoms with van der Waals surface area (Å²) in [5, 5.41) is 3.44. The molecule has 0 fully saturated rings. The van der Waals surface area contributed by atoms with E-state index in [0.717, 1.165) is 4.90 Å². The number of esters is 1. The molecule has 1 N–H and O–H groups in total. The van der Waals surface area contributed by atoms with Gasteiger partial charge in [0.1, 0.15) is 0 Å². The molecule has 0 spiro atoms. The van der Waals surface area contributed by atoms with E-state index in [-0.39, 0.29) is 6.42 Å². The molecule has 0 aliphatic heterocycles. The Balaban J connectivity index is 1.76. The Kier molecular flexibility index (Phi) is 7.62. The minimum Gasteiger partial charge on any atom is -0.453 e. The smallest absolute Gasteiger partial charge is 0.307 e. The van der Waals surface area contributed by atoms with Crippen LogP contribution in [0.4, 0.5) is 5.69 Å². The number of hydrogen-bond donors (Lipinski definition) is 1. The fraction of sp³-hybridized carbons (Fsp3) is 0.222. The number of anilines is 1. The van der Waals surface area contributed by atoms with Crippen molar-refractivity contribution in [3.63, 3.8) is 0 Å². The van der Waals surface area contributed by atoms with E-state index in [0.29, 0.717) is 21.5 Å². The zero-order valence-corrected chi connectivity index (χ0v) is 15.8. The molecule has 0 aromatic heterocycles. The fourth-order valence-corrected chi connectivity index (χ4v) is 3.33. The molecular weight excluding hydrogens is 381 g/mol. The Hall–Kier alpha value is -1.69. The number of halogens is 2. The first-order chi connectivity index (χ1) is 11.9. The second kappa shape index (κ2) is 9.70. The number of benzene rings is 2. The molecule has 0 aliphatic rings. The number of hydrogen-bond acceptors (Lipinski definition) is 4. The Morgan fingerprint density at radius 3 is 2.40 bits per heavy atom. The lowest BCUT2D eigenvalue weighted by Gasteiger charge is -2.14. The van der Waals surface area contributed by atoms with Gasteiger partial charge in [-0.15, -0.1) is 11.8 Å².